The number of amides is 1. The Labute approximate surface area is 102 Å². The number of anilines is 2. The largest absolute Gasteiger partial charge is 0.374 e. The second kappa shape index (κ2) is 4.24. The number of fused-ring (bicyclic) bond motifs is 1. The Morgan fingerprint density at radius 3 is 2.71 bits per heavy atom. The Bertz CT molecular complexity index is 491. The summed E-state index contributed by atoms with van der Waals surface area (Å²) in [4.78, 5) is 13.7. The van der Waals surface area contributed by atoms with Crippen LogP contribution in [0.5, 0.6) is 0 Å². The molecule has 0 fully saturated rings. The molecule has 0 bridgehead atoms. The number of nitrogens with one attached hydrogen (secondary N) is 1. The minimum Gasteiger partial charge on any atom is -0.374 e. The van der Waals surface area contributed by atoms with Gasteiger partial charge in [0.15, 0.2) is 0 Å². The van der Waals surface area contributed by atoms with Gasteiger partial charge in [-0.1, -0.05) is 12.2 Å². The Hall–Kier alpha value is -1.77. The third-order valence-electron chi connectivity index (χ3n) is 3.06. The number of nitrogens with zero attached hydrogens (tertiary/aromatic N) is 1. The highest BCUT2D eigenvalue weighted by Crippen LogP contribution is 2.32. The van der Waals surface area contributed by atoms with Crippen LogP contribution in [0.25, 0.3) is 0 Å². The molecule has 1 aromatic rings. The van der Waals surface area contributed by atoms with Gasteiger partial charge in [-0.25, -0.2) is 0 Å². The molecule has 0 aliphatic carbocycles. The van der Waals surface area contributed by atoms with Gasteiger partial charge in [-0.15, -0.1) is 0 Å². The molecule has 1 aliphatic rings. The summed E-state index contributed by atoms with van der Waals surface area (Å²) in [6.45, 7) is 10.9. The van der Waals surface area contributed by atoms with Gasteiger partial charge >= 0.3 is 0 Å². The van der Waals surface area contributed by atoms with Crippen molar-refractivity contribution in [2.45, 2.75) is 20.8 Å². The average Bonchev–Trinajstić information content (AvgIpc) is 2.25. The maximum absolute atomic E-state index is 11.9. The monoisotopic (exact) mass is 230 g/mol. The summed E-state index contributed by atoms with van der Waals surface area (Å²) in [5, 5.41) is 3.16. The lowest BCUT2D eigenvalue weighted by Crippen LogP contribution is -2.40. The maximum atomic E-state index is 11.9. The van der Waals surface area contributed by atoms with Crippen LogP contribution >= 0.6 is 0 Å². The van der Waals surface area contributed by atoms with Gasteiger partial charge in [0.25, 0.3) is 0 Å². The third-order valence-corrected chi connectivity index (χ3v) is 3.06. The van der Waals surface area contributed by atoms with Crippen LogP contribution in [0.1, 0.15) is 18.1 Å². The fourth-order valence-electron chi connectivity index (χ4n) is 2.01. The highest BCUT2D eigenvalue weighted by atomic mass is 16.2. The van der Waals surface area contributed by atoms with Crippen molar-refractivity contribution in [2.75, 3.05) is 23.3 Å². The Balaban J connectivity index is 2.47. The summed E-state index contributed by atoms with van der Waals surface area (Å²) in [6, 6.07) is 4.17. The van der Waals surface area contributed by atoms with E-state index < -0.39 is 0 Å². The molecule has 1 heterocycles. The standard InChI is InChI=1S/C14H18N2O/c1-9(2)8-16-13-6-11(4)10(3)5-12(13)15-7-14(16)17/h5-6,15H,1,7-8H2,2-4H3. The van der Waals surface area contributed by atoms with E-state index in [1.54, 1.807) is 4.90 Å². The highest BCUT2D eigenvalue weighted by Gasteiger charge is 2.24. The molecule has 1 aromatic carbocycles. The molecule has 1 amide bonds. The number of rotatable bonds is 2. The van der Waals surface area contributed by atoms with Crippen LogP contribution in [-0.2, 0) is 4.79 Å². The van der Waals surface area contributed by atoms with Gasteiger partial charge in [-0.3, -0.25) is 4.79 Å². The minimum atomic E-state index is 0.101. The van der Waals surface area contributed by atoms with E-state index >= 15 is 0 Å². The van der Waals surface area contributed by atoms with E-state index in [1.165, 1.54) is 11.1 Å². The molecule has 0 saturated heterocycles. The summed E-state index contributed by atoms with van der Waals surface area (Å²) >= 11 is 0. The first-order valence-electron chi connectivity index (χ1n) is 5.79. The normalized spacial score (nSPS) is 14.3. The number of carbonyl (C=O) groups is 1. The van der Waals surface area contributed by atoms with Crippen molar-refractivity contribution >= 4 is 17.3 Å². The van der Waals surface area contributed by atoms with E-state index in [1.807, 2.05) is 6.92 Å². The van der Waals surface area contributed by atoms with Gasteiger partial charge in [0.05, 0.1) is 17.9 Å². The molecular weight excluding hydrogens is 212 g/mol. The Morgan fingerprint density at radius 2 is 2.06 bits per heavy atom. The predicted molar refractivity (Wildman–Crippen MR) is 71.6 cm³/mol. The van der Waals surface area contributed by atoms with Gasteiger partial charge < -0.3 is 10.2 Å². The molecule has 3 heteroatoms. The second-order valence-corrected chi connectivity index (χ2v) is 4.74. The zero-order valence-electron chi connectivity index (χ0n) is 10.6. The van der Waals surface area contributed by atoms with Crippen molar-refractivity contribution in [1.82, 2.24) is 0 Å². The molecule has 1 N–H and O–H groups in total. The van der Waals surface area contributed by atoms with Crippen molar-refractivity contribution in [3.05, 3.63) is 35.4 Å². The fourth-order valence-corrected chi connectivity index (χ4v) is 2.01. The molecule has 1 aliphatic heterocycles. The number of benzene rings is 1. The number of aryl methyl sites for hydroxylation is 2. The van der Waals surface area contributed by atoms with Crippen LogP contribution in [0.4, 0.5) is 11.4 Å². The van der Waals surface area contributed by atoms with Crippen LogP contribution in [0.3, 0.4) is 0 Å². The highest BCUT2D eigenvalue weighted by molar-refractivity contribution is 6.03. The zero-order valence-corrected chi connectivity index (χ0v) is 10.6. The number of hydrogen-bond donors (Lipinski definition) is 1. The molecule has 3 nitrogen and oxygen atoms in total. The van der Waals surface area contributed by atoms with Crippen molar-refractivity contribution in [3.63, 3.8) is 0 Å². The summed E-state index contributed by atoms with van der Waals surface area (Å²) in [5.74, 6) is 0.101. The topological polar surface area (TPSA) is 32.3 Å². The van der Waals surface area contributed by atoms with Crippen molar-refractivity contribution < 1.29 is 4.79 Å². The van der Waals surface area contributed by atoms with E-state index in [-0.39, 0.29) is 5.91 Å². The quantitative estimate of drug-likeness (QED) is 0.792. The summed E-state index contributed by atoms with van der Waals surface area (Å²) in [5.41, 5.74) is 5.43. The first kappa shape index (κ1) is 11.7. The molecule has 0 atom stereocenters. The van der Waals surface area contributed by atoms with Gasteiger partial charge in [0.1, 0.15) is 0 Å². The van der Waals surface area contributed by atoms with Gasteiger partial charge in [-0.2, -0.15) is 0 Å². The molecule has 0 aromatic heterocycles. The molecule has 0 unspecified atom stereocenters. The van der Waals surface area contributed by atoms with Crippen molar-refractivity contribution in [3.8, 4) is 0 Å². The van der Waals surface area contributed by atoms with Gasteiger partial charge in [0, 0.05) is 6.54 Å². The van der Waals surface area contributed by atoms with Crippen molar-refractivity contribution in [2.24, 2.45) is 0 Å². The van der Waals surface area contributed by atoms with Crippen LogP contribution in [0, 0.1) is 13.8 Å². The number of hydrogen-bond acceptors (Lipinski definition) is 2. The lowest BCUT2D eigenvalue weighted by molar-refractivity contribution is -0.117. The maximum Gasteiger partial charge on any atom is 0.246 e. The van der Waals surface area contributed by atoms with Gasteiger partial charge in [-0.05, 0) is 44.0 Å². The first-order chi connectivity index (χ1) is 7.99. The van der Waals surface area contributed by atoms with Crippen molar-refractivity contribution in [1.29, 1.82) is 0 Å². The molecule has 0 spiro atoms. The second-order valence-electron chi connectivity index (χ2n) is 4.74. The average molecular weight is 230 g/mol. The third kappa shape index (κ3) is 2.18. The first-order valence-corrected chi connectivity index (χ1v) is 5.79. The van der Waals surface area contributed by atoms with Gasteiger partial charge in [0.2, 0.25) is 5.91 Å². The summed E-state index contributed by atoms with van der Waals surface area (Å²) < 4.78 is 0. The van der Waals surface area contributed by atoms with Crippen LogP contribution in [0.2, 0.25) is 0 Å². The molecule has 0 saturated carbocycles. The summed E-state index contributed by atoms with van der Waals surface area (Å²) in [7, 11) is 0. The Kier molecular flexibility index (Phi) is 2.92. The molecule has 0 radical (unpaired) electrons. The predicted octanol–water partition coefficient (Wildman–Crippen LogP) is 2.64. The van der Waals surface area contributed by atoms with E-state index in [4.69, 9.17) is 0 Å². The summed E-state index contributed by atoms with van der Waals surface area (Å²) in [6.07, 6.45) is 0. The lowest BCUT2D eigenvalue weighted by Gasteiger charge is -2.31. The zero-order chi connectivity index (χ0) is 12.6. The molecule has 2 rings (SSSR count). The van der Waals surface area contributed by atoms with E-state index in [2.05, 4.69) is 37.9 Å². The van der Waals surface area contributed by atoms with E-state index in [0.717, 1.165) is 16.9 Å². The molecule has 90 valence electrons. The molecular formula is C14H18N2O. The Morgan fingerprint density at radius 1 is 1.41 bits per heavy atom. The van der Waals surface area contributed by atoms with Crippen LogP contribution in [-0.4, -0.2) is 19.0 Å². The van der Waals surface area contributed by atoms with Crippen LogP contribution < -0.4 is 10.2 Å². The van der Waals surface area contributed by atoms with Crippen LogP contribution in [0.15, 0.2) is 24.3 Å². The van der Waals surface area contributed by atoms with E-state index in [0.29, 0.717) is 13.1 Å². The SMILES string of the molecule is C=C(C)CN1C(=O)CNc2cc(C)c(C)cc21. The minimum absolute atomic E-state index is 0.101. The number of carbonyl (C=O) groups excluding carboxylic acids is 1. The van der Waals surface area contributed by atoms with E-state index in [9.17, 15) is 4.79 Å². The lowest BCUT2D eigenvalue weighted by atomic mass is 10.0. The smallest absolute Gasteiger partial charge is 0.246 e. The molecule has 17 heavy (non-hydrogen) atoms. The fraction of sp³-hybridized carbons (Fsp3) is 0.357.